The maximum absolute atomic E-state index is 14.2. The molecule has 6 aliphatic heterocycles. The summed E-state index contributed by atoms with van der Waals surface area (Å²) in [6.07, 6.45) is 6.11. The number of hydrogen-bond acceptors (Lipinski definition) is 12. The molecule has 7 heterocycles. The number of likely N-dealkylation sites (tertiary alicyclic amines) is 1. The van der Waals surface area contributed by atoms with Crippen molar-refractivity contribution in [2.24, 2.45) is 11.7 Å². The molecule has 16 heteroatoms. The highest BCUT2D eigenvalue weighted by atomic mass is 35.5. The van der Waals surface area contributed by atoms with Crippen LogP contribution in [0.3, 0.4) is 0 Å². The van der Waals surface area contributed by atoms with Gasteiger partial charge < -0.3 is 25.2 Å². The fourth-order valence-electron chi connectivity index (χ4n) is 10.1. The number of primary amides is 1. The van der Waals surface area contributed by atoms with E-state index in [-0.39, 0.29) is 48.4 Å². The van der Waals surface area contributed by atoms with E-state index >= 15 is 0 Å². The van der Waals surface area contributed by atoms with Crippen LogP contribution in [0.5, 0.6) is 5.75 Å². The number of rotatable bonds is 9. The predicted molar refractivity (Wildman–Crippen MR) is 219 cm³/mol. The highest BCUT2D eigenvalue weighted by Crippen LogP contribution is 2.45. The van der Waals surface area contributed by atoms with Crippen LogP contribution in [0.4, 0.5) is 11.5 Å². The third-order valence-electron chi connectivity index (χ3n) is 13.1. The van der Waals surface area contributed by atoms with E-state index in [9.17, 15) is 24.4 Å². The highest BCUT2D eigenvalue weighted by molar-refractivity contribution is 7.80. The number of thiol groups is 1. The van der Waals surface area contributed by atoms with Crippen molar-refractivity contribution in [1.29, 1.82) is 5.26 Å². The van der Waals surface area contributed by atoms with Crippen LogP contribution in [0, 0.1) is 17.2 Å². The van der Waals surface area contributed by atoms with Gasteiger partial charge in [0.15, 0.2) is 11.5 Å². The quantitative estimate of drug-likeness (QED) is 0.229. The van der Waals surface area contributed by atoms with E-state index in [1.807, 2.05) is 24.3 Å². The molecule has 2 N–H and O–H groups in total. The molecule has 6 fully saturated rings. The second-order valence-corrected chi connectivity index (χ2v) is 17.5. The zero-order chi connectivity index (χ0) is 40.2. The van der Waals surface area contributed by atoms with Gasteiger partial charge in [0.2, 0.25) is 5.91 Å². The van der Waals surface area contributed by atoms with Crippen LogP contribution in [0.1, 0.15) is 95.1 Å². The number of anilines is 2. The number of piperidine rings is 3. The zero-order valence-corrected chi connectivity index (χ0v) is 33.7. The van der Waals surface area contributed by atoms with Crippen LogP contribution < -0.4 is 20.3 Å². The van der Waals surface area contributed by atoms with Crippen LogP contribution in [0.25, 0.3) is 0 Å². The number of nitrogens with two attached hydrogens (primary N) is 1. The summed E-state index contributed by atoms with van der Waals surface area (Å²) in [4.78, 5) is 63.2. The third kappa shape index (κ3) is 7.13. The van der Waals surface area contributed by atoms with E-state index in [2.05, 4.69) is 31.0 Å². The van der Waals surface area contributed by atoms with Gasteiger partial charge in [0.05, 0.1) is 16.7 Å². The van der Waals surface area contributed by atoms with Crippen LogP contribution in [-0.4, -0.2) is 112 Å². The Bertz CT molecular complexity index is 2160. The van der Waals surface area contributed by atoms with E-state index in [0.717, 1.165) is 69.1 Å². The fourth-order valence-corrected chi connectivity index (χ4v) is 10.8. The summed E-state index contributed by atoms with van der Waals surface area (Å²) in [7, 11) is 0. The smallest absolute Gasteiger partial charge is 0.269 e. The second-order valence-electron chi connectivity index (χ2n) is 16.6. The van der Waals surface area contributed by atoms with E-state index in [1.165, 1.54) is 4.90 Å². The highest BCUT2D eigenvalue weighted by Gasteiger charge is 2.50. The maximum atomic E-state index is 14.2. The van der Waals surface area contributed by atoms with Crippen molar-refractivity contribution in [2.45, 2.75) is 93.4 Å². The summed E-state index contributed by atoms with van der Waals surface area (Å²) in [6.45, 7) is 4.79. The van der Waals surface area contributed by atoms with Gasteiger partial charge in [-0.05, 0) is 99.2 Å². The van der Waals surface area contributed by atoms with Gasteiger partial charge in [-0.25, -0.2) is 0 Å². The number of hydrogen-bond donors (Lipinski definition) is 2. The van der Waals surface area contributed by atoms with Crippen molar-refractivity contribution in [1.82, 2.24) is 24.9 Å². The van der Waals surface area contributed by atoms with Crippen molar-refractivity contribution in [3.63, 3.8) is 0 Å². The first-order valence-corrected chi connectivity index (χ1v) is 21.2. The van der Waals surface area contributed by atoms with Crippen LogP contribution in [-0.2, 0) is 9.59 Å². The normalized spacial score (nSPS) is 27.6. The molecule has 5 saturated heterocycles. The van der Waals surface area contributed by atoms with Crippen molar-refractivity contribution >= 4 is 59.4 Å². The van der Waals surface area contributed by atoms with Crippen molar-refractivity contribution < 1.29 is 23.9 Å². The van der Waals surface area contributed by atoms with Crippen LogP contribution in [0.15, 0.2) is 48.5 Å². The summed E-state index contributed by atoms with van der Waals surface area (Å²) in [6, 6.07) is 16.3. The molecule has 58 heavy (non-hydrogen) atoms. The zero-order valence-electron chi connectivity index (χ0n) is 32.1. The summed E-state index contributed by atoms with van der Waals surface area (Å²) in [5.74, 6) is 0.638. The Morgan fingerprint density at radius 1 is 0.914 bits per heavy atom. The molecule has 1 aliphatic carbocycles. The van der Waals surface area contributed by atoms with Gasteiger partial charge in [-0.3, -0.25) is 29.0 Å². The summed E-state index contributed by atoms with van der Waals surface area (Å²) < 4.78 is 6.15. The molecule has 0 radical (unpaired) electrons. The standard InChI is InChI=1S/C42H46ClN9O5S/c43-34-19-31(5-1-25(34)20-44)57-30-6-2-26(3-7-30)51-38(53)12-10-36(41(51)56)52-40(55)33-18-27(4-8-32(33)42(52)58)50-28-17-29(50)23-48(22-28)21-24-13-15-49(16-14-24)37-11-9-35(39(45)54)46-47-37/h1,4-5,8-9,11,18-19,24,26,28-30,36,42,58H,2-3,6-7,10,12-17,21-23H2,(H2,45,54)/t26?,28-,29-,30?,36-,42-/m1/s1. The van der Waals surface area contributed by atoms with Crippen molar-refractivity contribution in [3.8, 4) is 11.8 Å². The lowest BCUT2D eigenvalue weighted by Gasteiger charge is -2.58. The number of carbonyl (C=O) groups excluding carboxylic acids is 4. The Morgan fingerprint density at radius 3 is 2.34 bits per heavy atom. The van der Waals surface area contributed by atoms with Gasteiger partial charge in [0.25, 0.3) is 17.7 Å². The number of ether oxygens (including phenoxy) is 1. The van der Waals surface area contributed by atoms with E-state index in [4.69, 9.17) is 34.7 Å². The number of imide groups is 1. The first-order valence-electron chi connectivity index (χ1n) is 20.3. The third-order valence-corrected chi connectivity index (χ3v) is 13.9. The molecule has 1 aromatic heterocycles. The molecule has 1 saturated carbocycles. The minimum Gasteiger partial charge on any atom is -0.490 e. The van der Waals surface area contributed by atoms with Gasteiger partial charge in [-0.15, -0.1) is 22.8 Å². The fraction of sp³-hybridized carbons (Fsp3) is 0.500. The van der Waals surface area contributed by atoms with Gasteiger partial charge in [0.1, 0.15) is 23.2 Å². The number of nitriles is 1. The molecular weight excluding hydrogens is 778 g/mol. The van der Waals surface area contributed by atoms with Gasteiger partial charge >= 0.3 is 0 Å². The molecular formula is C42H46ClN9O5S. The Morgan fingerprint density at radius 2 is 1.67 bits per heavy atom. The maximum Gasteiger partial charge on any atom is 0.269 e. The molecule has 14 nitrogen and oxygen atoms in total. The second kappa shape index (κ2) is 15.7. The number of aromatic nitrogens is 2. The van der Waals surface area contributed by atoms with Crippen molar-refractivity contribution in [2.75, 3.05) is 42.5 Å². The largest absolute Gasteiger partial charge is 0.490 e. The van der Waals surface area contributed by atoms with Crippen LogP contribution in [0.2, 0.25) is 5.02 Å². The predicted octanol–water partition coefficient (Wildman–Crippen LogP) is 4.57. The summed E-state index contributed by atoms with van der Waals surface area (Å²) in [5.41, 5.74) is 8.27. The van der Waals surface area contributed by atoms with E-state index < -0.39 is 17.3 Å². The Hall–Kier alpha value is -4.91. The molecule has 3 aromatic rings. The first-order chi connectivity index (χ1) is 28.1. The average molecular weight is 824 g/mol. The van der Waals surface area contributed by atoms with Gasteiger partial charge in [0, 0.05) is 74.6 Å². The SMILES string of the molecule is N#Cc1ccc(OC2CCC(N3C(=O)CC[C@@H](N4C(=O)c5cc(N6[C@@H]7C[C@@H]6CN(CC6CCN(c8ccc(C(N)=O)nn8)CC6)C7)ccc5[C@H]4S)C3=O)CC2)cc1Cl. The monoisotopic (exact) mass is 823 g/mol. The molecule has 2 aromatic carbocycles. The number of halogens is 1. The molecule has 7 aliphatic rings. The summed E-state index contributed by atoms with van der Waals surface area (Å²) >= 11 is 11.1. The number of carbonyl (C=O) groups is 4. The molecule has 302 valence electrons. The number of amides is 4. The molecule has 4 amide bonds. The number of piperazine rings is 1. The van der Waals surface area contributed by atoms with E-state index in [0.29, 0.717) is 65.6 Å². The van der Waals surface area contributed by atoms with Gasteiger partial charge in [-0.2, -0.15) is 5.26 Å². The number of benzene rings is 2. The Kier molecular flexibility index (Phi) is 10.4. The van der Waals surface area contributed by atoms with Crippen LogP contribution >= 0.6 is 24.2 Å². The Balaban J connectivity index is 0.791. The summed E-state index contributed by atoms with van der Waals surface area (Å²) in [5, 5.41) is 17.1. The minimum absolute atomic E-state index is 0.104. The topological polar surface area (TPSA) is 169 Å². The van der Waals surface area contributed by atoms with Gasteiger partial charge in [-0.1, -0.05) is 17.7 Å². The Labute approximate surface area is 347 Å². The molecule has 4 atom stereocenters. The molecule has 10 rings (SSSR count). The average Bonchev–Trinajstić information content (AvgIpc) is 3.46. The first kappa shape index (κ1) is 38.6. The lowest BCUT2D eigenvalue weighted by atomic mass is 9.85. The molecule has 0 unspecified atom stereocenters. The lowest BCUT2D eigenvalue weighted by Crippen LogP contribution is -2.69. The van der Waals surface area contributed by atoms with E-state index in [1.54, 1.807) is 29.2 Å². The van der Waals surface area contributed by atoms with Crippen molar-refractivity contribution in [3.05, 3.63) is 75.9 Å². The number of nitrogens with zero attached hydrogens (tertiary/aromatic N) is 8. The minimum atomic E-state index is -0.766. The molecule has 2 bridgehead atoms. The number of fused-ring (bicyclic) bond motifs is 3. The molecule has 0 spiro atoms. The lowest BCUT2D eigenvalue weighted by molar-refractivity contribution is -0.156.